The minimum atomic E-state index is -0.362. The van der Waals surface area contributed by atoms with E-state index >= 15 is 0 Å². The Hall–Kier alpha value is -3.39. The number of nitrogens with one attached hydrogen (secondary N) is 2. The van der Waals surface area contributed by atoms with Crippen LogP contribution in [-0.4, -0.2) is 41.6 Å². The first-order valence-corrected chi connectivity index (χ1v) is 14.6. The van der Waals surface area contributed by atoms with Crippen molar-refractivity contribution < 1.29 is 19.4 Å². The fourth-order valence-corrected chi connectivity index (χ4v) is 5.70. The number of hydrogen-bond acceptors (Lipinski definition) is 6. The van der Waals surface area contributed by atoms with Crippen LogP contribution in [0.25, 0.3) is 0 Å². The molecule has 2 aromatic carbocycles. The van der Waals surface area contributed by atoms with Gasteiger partial charge in [0, 0.05) is 31.1 Å². The van der Waals surface area contributed by atoms with Crippen LogP contribution >= 0.6 is 0 Å². The minimum absolute atomic E-state index is 0.0277. The maximum absolute atomic E-state index is 13.2. The lowest BCUT2D eigenvalue weighted by Gasteiger charge is -2.38. The van der Waals surface area contributed by atoms with Gasteiger partial charge in [0.15, 0.2) is 5.96 Å². The summed E-state index contributed by atoms with van der Waals surface area (Å²) in [4.78, 5) is 29.2. The molecule has 8 nitrogen and oxygen atoms in total. The first-order chi connectivity index (χ1) is 19.3. The molecule has 2 amide bonds. The van der Waals surface area contributed by atoms with E-state index in [1.807, 2.05) is 26.0 Å². The van der Waals surface area contributed by atoms with Crippen LogP contribution in [0.4, 0.5) is 0 Å². The van der Waals surface area contributed by atoms with E-state index in [0.29, 0.717) is 12.8 Å². The van der Waals surface area contributed by atoms with Crippen LogP contribution in [-0.2, 0) is 24.1 Å². The third-order valence-electron chi connectivity index (χ3n) is 7.46. The second kappa shape index (κ2) is 14.3. The number of fused-ring (bicyclic) bond motifs is 2. The Kier molecular flexibility index (Phi) is 11.1. The average molecular weight is 551 g/mol. The van der Waals surface area contributed by atoms with Crippen LogP contribution in [0.2, 0.25) is 0 Å². The number of aliphatic hydroxyl groups is 1. The molecule has 2 aromatic rings. The minimum Gasteiger partial charge on any atom is -0.487 e. The Morgan fingerprint density at radius 1 is 1.12 bits per heavy atom. The maximum atomic E-state index is 13.2. The van der Waals surface area contributed by atoms with E-state index in [0.717, 1.165) is 62.5 Å². The van der Waals surface area contributed by atoms with Gasteiger partial charge in [-0.3, -0.25) is 14.9 Å². The molecule has 3 aliphatic rings. The Balaban J connectivity index is 0.00000106. The molecule has 0 bridgehead atoms. The fourth-order valence-electron chi connectivity index (χ4n) is 5.70. The molecule has 2 aliphatic heterocycles. The van der Waals surface area contributed by atoms with Gasteiger partial charge in [-0.2, -0.15) is 0 Å². The smallest absolute Gasteiger partial charge is 0.251 e. The summed E-state index contributed by atoms with van der Waals surface area (Å²) >= 11 is 0. The van der Waals surface area contributed by atoms with Gasteiger partial charge in [-0.25, -0.2) is 4.99 Å². The molecule has 218 valence electrons. The average Bonchev–Trinajstić information content (AvgIpc) is 3.41. The largest absolute Gasteiger partial charge is 0.487 e. The summed E-state index contributed by atoms with van der Waals surface area (Å²) in [6, 6.07) is 12.3. The number of guanidine groups is 1. The molecule has 0 radical (unpaired) electrons. The zero-order valence-corrected chi connectivity index (χ0v) is 24.7. The third-order valence-corrected chi connectivity index (χ3v) is 7.46. The molecule has 5 N–H and O–H groups in total. The van der Waals surface area contributed by atoms with E-state index in [1.54, 1.807) is 0 Å². The number of nitrogens with two attached hydrogens (primary N) is 1. The SMILES string of the molecule is CC.CC1(C)CC(NC(=O)c2ccc3c(c2)CCC3)c2cc(CCCCC3CC(=O)NC(N)=N3)ccc2O1.CO. The number of aliphatic hydroxyl groups excluding tert-OH is 1. The molecule has 0 saturated heterocycles. The summed E-state index contributed by atoms with van der Waals surface area (Å²) in [7, 11) is 1.00. The number of carbonyl (C=O) groups is 2. The molecule has 0 spiro atoms. The summed E-state index contributed by atoms with van der Waals surface area (Å²) in [5.41, 5.74) is 11.0. The quantitative estimate of drug-likeness (QED) is 0.370. The number of carbonyl (C=O) groups excluding carboxylic acids is 2. The lowest BCUT2D eigenvalue weighted by molar-refractivity contribution is -0.120. The summed E-state index contributed by atoms with van der Waals surface area (Å²) in [5.74, 6) is 0.979. The molecular weight excluding hydrogens is 504 g/mol. The van der Waals surface area contributed by atoms with Crippen LogP contribution in [0, 0.1) is 0 Å². The van der Waals surface area contributed by atoms with E-state index in [2.05, 4.69) is 53.7 Å². The lowest BCUT2D eigenvalue weighted by atomic mass is 9.88. The first-order valence-electron chi connectivity index (χ1n) is 14.6. The molecular formula is C32H46N4O4. The van der Waals surface area contributed by atoms with Crippen molar-refractivity contribution in [2.75, 3.05) is 7.11 Å². The van der Waals surface area contributed by atoms with Crippen LogP contribution < -0.4 is 21.1 Å². The number of nitrogens with zero attached hydrogens (tertiary/aromatic N) is 1. The van der Waals surface area contributed by atoms with Crippen molar-refractivity contribution in [3.05, 3.63) is 64.2 Å². The first kappa shape index (κ1) is 31.1. The molecule has 1 aliphatic carbocycles. The Labute approximate surface area is 238 Å². The lowest BCUT2D eigenvalue weighted by Crippen LogP contribution is -2.43. The van der Waals surface area contributed by atoms with Gasteiger partial charge in [0.2, 0.25) is 5.91 Å². The highest BCUT2D eigenvalue weighted by Crippen LogP contribution is 2.40. The van der Waals surface area contributed by atoms with Crippen LogP contribution in [0.1, 0.15) is 105 Å². The van der Waals surface area contributed by atoms with E-state index < -0.39 is 0 Å². The third kappa shape index (κ3) is 8.07. The predicted octanol–water partition coefficient (Wildman–Crippen LogP) is 4.76. The van der Waals surface area contributed by atoms with Gasteiger partial charge < -0.3 is 20.9 Å². The van der Waals surface area contributed by atoms with Crippen molar-refractivity contribution in [2.24, 2.45) is 10.7 Å². The van der Waals surface area contributed by atoms with Gasteiger partial charge in [0.25, 0.3) is 5.91 Å². The van der Waals surface area contributed by atoms with E-state index in [4.69, 9.17) is 15.6 Å². The van der Waals surface area contributed by atoms with Gasteiger partial charge in [0.05, 0.1) is 12.1 Å². The fraction of sp³-hybridized carbons (Fsp3) is 0.531. The predicted molar refractivity (Wildman–Crippen MR) is 160 cm³/mol. The zero-order chi connectivity index (χ0) is 29.3. The Bertz CT molecular complexity index is 1210. The van der Waals surface area contributed by atoms with Gasteiger partial charge in [0.1, 0.15) is 11.4 Å². The molecule has 5 rings (SSSR count). The summed E-state index contributed by atoms with van der Waals surface area (Å²) in [6.45, 7) is 8.14. The number of amides is 2. The maximum Gasteiger partial charge on any atom is 0.251 e. The second-order valence-corrected chi connectivity index (χ2v) is 11.0. The number of aryl methyl sites for hydroxylation is 3. The topological polar surface area (TPSA) is 126 Å². The number of rotatable bonds is 7. The number of aliphatic imine (C=N–C) groups is 1. The van der Waals surface area contributed by atoms with Crippen LogP contribution in [0.15, 0.2) is 41.4 Å². The summed E-state index contributed by atoms with van der Waals surface area (Å²) in [6.07, 6.45) is 8.16. The number of benzene rings is 2. The van der Waals surface area contributed by atoms with Crippen molar-refractivity contribution in [3.63, 3.8) is 0 Å². The number of ether oxygens (including phenoxy) is 1. The normalized spacial score (nSPS) is 20.1. The number of unbranched alkanes of at least 4 members (excludes halogenated alkanes) is 1. The molecule has 2 heterocycles. The zero-order valence-electron chi connectivity index (χ0n) is 24.7. The summed E-state index contributed by atoms with van der Waals surface area (Å²) in [5, 5.41) is 12.8. The van der Waals surface area contributed by atoms with E-state index in [1.165, 1.54) is 23.1 Å². The molecule has 2 atom stereocenters. The van der Waals surface area contributed by atoms with Crippen molar-refractivity contribution in [2.45, 2.75) is 103 Å². The molecule has 0 fully saturated rings. The van der Waals surface area contributed by atoms with Crippen molar-refractivity contribution in [1.82, 2.24) is 10.6 Å². The second-order valence-electron chi connectivity index (χ2n) is 11.0. The van der Waals surface area contributed by atoms with Gasteiger partial charge in [-0.05, 0) is 87.3 Å². The number of hydrogen-bond donors (Lipinski definition) is 4. The van der Waals surface area contributed by atoms with Gasteiger partial charge in [-0.15, -0.1) is 0 Å². The van der Waals surface area contributed by atoms with E-state index in [9.17, 15) is 9.59 Å². The molecule has 2 unspecified atom stereocenters. The molecule has 8 heteroatoms. The van der Waals surface area contributed by atoms with Crippen LogP contribution in [0.3, 0.4) is 0 Å². The van der Waals surface area contributed by atoms with E-state index in [-0.39, 0.29) is 35.5 Å². The van der Waals surface area contributed by atoms with Crippen molar-refractivity contribution >= 4 is 17.8 Å². The highest BCUT2D eigenvalue weighted by molar-refractivity contribution is 5.98. The van der Waals surface area contributed by atoms with Gasteiger partial charge in [-0.1, -0.05) is 38.5 Å². The monoisotopic (exact) mass is 550 g/mol. The van der Waals surface area contributed by atoms with Crippen molar-refractivity contribution in [1.29, 1.82) is 0 Å². The standard InChI is InChI=1S/C29H36N4O3.C2H6.CH4O/c1-29(2)17-24(32-27(35)21-12-11-19-7-5-8-20(19)15-21)23-14-18(10-13-25(23)36-29)6-3-4-9-22-16-26(34)33-28(30)31-22;2*1-2/h10-15,22,24H,3-9,16-17H2,1-2H3,(H,32,35)(H3,30,31,33,34);1-2H3;2H,1H3. The summed E-state index contributed by atoms with van der Waals surface area (Å²) < 4.78 is 6.26. The highest BCUT2D eigenvalue weighted by atomic mass is 16.5. The molecule has 0 aromatic heterocycles. The molecule has 40 heavy (non-hydrogen) atoms. The Morgan fingerprint density at radius 3 is 2.62 bits per heavy atom. The van der Waals surface area contributed by atoms with Crippen molar-refractivity contribution in [3.8, 4) is 5.75 Å². The Morgan fingerprint density at radius 2 is 1.88 bits per heavy atom. The van der Waals surface area contributed by atoms with Crippen LogP contribution in [0.5, 0.6) is 5.75 Å². The molecule has 0 saturated carbocycles. The van der Waals surface area contributed by atoms with Gasteiger partial charge >= 0.3 is 0 Å². The highest BCUT2D eigenvalue weighted by Gasteiger charge is 2.35.